The van der Waals surface area contributed by atoms with Crippen molar-refractivity contribution in [2.24, 2.45) is 23.2 Å². The summed E-state index contributed by atoms with van der Waals surface area (Å²) in [4.78, 5) is 17.2. The molecule has 6 rings (SSSR count). The number of amides is 1. The van der Waals surface area contributed by atoms with Crippen LogP contribution in [-0.2, 0) is 10.5 Å². The Morgan fingerprint density at radius 1 is 1.26 bits per heavy atom. The highest BCUT2D eigenvalue weighted by Gasteiger charge is 2.55. The van der Waals surface area contributed by atoms with Gasteiger partial charge in [-0.05, 0) is 87.5 Å². The van der Waals surface area contributed by atoms with Crippen LogP contribution in [0.3, 0.4) is 0 Å². The molecule has 1 amide bonds. The number of halogens is 1. The summed E-state index contributed by atoms with van der Waals surface area (Å²) >= 11 is 0. The van der Waals surface area contributed by atoms with Crippen molar-refractivity contribution in [3.05, 3.63) is 29.6 Å². The monoisotopic (exact) mass is 372 g/mol. The van der Waals surface area contributed by atoms with Gasteiger partial charge in [0.2, 0.25) is 5.67 Å². The predicted octanol–water partition coefficient (Wildman–Crippen LogP) is 3.79. The average Bonchev–Trinajstić information content (AvgIpc) is 2.64. The summed E-state index contributed by atoms with van der Waals surface area (Å²) in [7, 11) is 0. The first-order valence-electron chi connectivity index (χ1n) is 10.5. The molecule has 1 heterocycles. The Hall–Kier alpha value is -1.49. The number of pyridine rings is 1. The lowest BCUT2D eigenvalue weighted by molar-refractivity contribution is -0.140. The van der Waals surface area contributed by atoms with E-state index in [0.717, 1.165) is 17.8 Å². The van der Waals surface area contributed by atoms with Gasteiger partial charge in [-0.2, -0.15) is 0 Å². The van der Waals surface area contributed by atoms with Crippen LogP contribution in [0, 0.1) is 23.2 Å². The molecule has 5 aliphatic carbocycles. The quantitative estimate of drug-likeness (QED) is 0.848. The number of hydrogen-bond acceptors (Lipinski definition) is 3. The Bertz CT molecular complexity index is 731. The number of rotatable bonds is 3. The number of fused-ring (bicyclic) bond motifs is 1. The van der Waals surface area contributed by atoms with Gasteiger partial charge < -0.3 is 10.4 Å². The van der Waals surface area contributed by atoms with Crippen molar-refractivity contribution < 1.29 is 14.3 Å². The first kappa shape index (κ1) is 17.6. The SMILES string of the molecule is CC(NC(=O)C1(F)CCC(O)c2ncccc21)C12CC3CC(CC(C3)C1)C2. The number of nitrogens with one attached hydrogen (secondary N) is 1. The molecule has 4 nitrogen and oxygen atoms in total. The molecule has 4 bridgehead atoms. The molecular weight excluding hydrogens is 343 g/mol. The van der Waals surface area contributed by atoms with E-state index in [9.17, 15) is 9.90 Å². The first-order valence-corrected chi connectivity index (χ1v) is 10.5. The summed E-state index contributed by atoms with van der Waals surface area (Å²) in [5.74, 6) is 1.84. The van der Waals surface area contributed by atoms with Gasteiger partial charge in [-0.15, -0.1) is 0 Å². The summed E-state index contributed by atoms with van der Waals surface area (Å²) in [6, 6.07) is 3.22. The number of alkyl halides is 1. The molecule has 5 heteroatoms. The van der Waals surface area contributed by atoms with Crippen molar-refractivity contribution in [2.75, 3.05) is 0 Å². The number of carbonyl (C=O) groups excluding carboxylic acids is 1. The van der Waals surface area contributed by atoms with E-state index in [1.807, 2.05) is 0 Å². The van der Waals surface area contributed by atoms with E-state index in [-0.39, 0.29) is 29.9 Å². The number of aliphatic hydroxyl groups is 1. The highest BCUT2D eigenvalue weighted by atomic mass is 19.1. The third-order valence-electron chi connectivity index (χ3n) is 8.06. The van der Waals surface area contributed by atoms with Gasteiger partial charge in [0.05, 0.1) is 11.8 Å². The molecule has 0 saturated heterocycles. The van der Waals surface area contributed by atoms with Gasteiger partial charge >= 0.3 is 0 Å². The summed E-state index contributed by atoms with van der Waals surface area (Å²) in [5.41, 5.74) is -1.41. The first-order chi connectivity index (χ1) is 12.9. The zero-order chi connectivity index (χ0) is 18.8. The van der Waals surface area contributed by atoms with E-state index >= 15 is 4.39 Å². The van der Waals surface area contributed by atoms with Gasteiger partial charge in [0.15, 0.2) is 0 Å². The zero-order valence-corrected chi connectivity index (χ0v) is 16.0. The molecule has 0 spiro atoms. The van der Waals surface area contributed by atoms with E-state index in [0.29, 0.717) is 5.69 Å². The molecule has 27 heavy (non-hydrogen) atoms. The van der Waals surface area contributed by atoms with Crippen LogP contribution in [0.4, 0.5) is 4.39 Å². The molecular formula is C22H29FN2O2. The minimum atomic E-state index is -2.10. The maximum Gasteiger partial charge on any atom is 0.262 e. The fourth-order valence-electron chi connectivity index (χ4n) is 7.03. The van der Waals surface area contributed by atoms with Crippen LogP contribution in [0.2, 0.25) is 0 Å². The van der Waals surface area contributed by atoms with Crippen LogP contribution in [0.5, 0.6) is 0 Å². The van der Waals surface area contributed by atoms with Crippen molar-refractivity contribution in [1.29, 1.82) is 0 Å². The molecule has 4 fully saturated rings. The predicted molar refractivity (Wildman–Crippen MR) is 99.4 cm³/mol. The molecule has 2 N–H and O–H groups in total. The van der Waals surface area contributed by atoms with E-state index in [4.69, 9.17) is 0 Å². The van der Waals surface area contributed by atoms with E-state index in [2.05, 4.69) is 17.2 Å². The topological polar surface area (TPSA) is 62.2 Å². The van der Waals surface area contributed by atoms with Crippen molar-refractivity contribution in [3.8, 4) is 0 Å². The van der Waals surface area contributed by atoms with Crippen LogP contribution in [-0.4, -0.2) is 22.0 Å². The Labute approximate surface area is 160 Å². The molecule has 3 atom stereocenters. The molecule has 5 aliphatic rings. The average molecular weight is 372 g/mol. The second-order valence-corrected chi connectivity index (χ2v) is 9.77. The third-order valence-corrected chi connectivity index (χ3v) is 8.06. The fourth-order valence-corrected chi connectivity index (χ4v) is 7.03. The van der Waals surface area contributed by atoms with Crippen LogP contribution < -0.4 is 5.32 Å². The normalized spacial score (nSPS) is 43.2. The standard InChI is InChI=1S/C22H29FN2O2/c1-13(21-10-14-7-15(11-21)9-16(8-14)12-21)25-20(27)22(23)5-4-18(26)19-17(22)3-2-6-24-19/h2-3,6,13-16,18,26H,4-5,7-12H2,1H3,(H,25,27). The summed E-state index contributed by atoms with van der Waals surface area (Å²) in [6.07, 6.45) is 8.57. The number of nitrogens with zero attached hydrogens (tertiary/aromatic N) is 1. The van der Waals surface area contributed by atoms with Gasteiger partial charge in [0.1, 0.15) is 0 Å². The largest absolute Gasteiger partial charge is 0.387 e. The number of hydrogen-bond donors (Lipinski definition) is 2. The van der Waals surface area contributed by atoms with Gasteiger partial charge in [0.25, 0.3) is 5.91 Å². The second-order valence-electron chi connectivity index (χ2n) is 9.77. The lowest BCUT2D eigenvalue weighted by atomic mass is 9.48. The van der Waals surface area contributed by atoms with Gasteiger partial charge in [-0.25, -0.2) is 4.39 Å². The molecule has 4 saturated carbocycles. The second kappa shape index (κ2) is 6.00. The fraction of sp³-hybridized carbons (Fsp3) is 0.727. The smallest absolute Gasteiger partial charge is 0.262 e. The summed E-state index contributed by atoms with van der Waals surface area (Å²) in [5, 5.41) is 13.2. The molecule has 1 aromatic heterocycles. The van der Waals surface area contributed by atoms with Crippen LogP contribution >= 0.6 is 0 Å². The molecule has 3 unspecified atom stereocenters. The van der Waals surface area contributed by atoms with Crippen LogP contribution in [0.15, 0.2) is 18.3 Å². The van der Waals surface area contributed by atoms with E-state index < -0.39 is 17.7 Å². The Morgan fingerprint density at radius 2 is 1.89 bits per heavy atom. The minimum absolute atomic E-state index is 0.00624. The van der Waals surface area contributed by atoms with Gasteiger partial charge in [0, 0.05) is 17.8 Å². The Balaban J connectivity index is 1.38. The number of aliphatic hydroxyl groups excluding tert-OH is 1. The molecule has 0 radical (unpaired) electrons. The lowest BCUT2D eigenvalue weighted by Gasteiger charge is -2.59. The summed E-state index contributed by atoms with van der Waals surface area (Å²) in [6.45, 7) is 2.08. The van der Waals surface area contributed by atoms with Crippen LogP contribution in [0.1, 0.15) is 75.7 Å². The Kier molecular flexibility index (Phi) is 3.91. The molecule has 146 valence electrons. The molecule has 0 aliphatic heterocycles. The van der Waals surface area contributed by atoms with E-state index in [1.165, 1.54) is 38.5 Å². The Morgan fingerprint density at radius 3 is 2.52 bits per heavy atom. The zero-order valence-electron chi connectivity index (χ0n) is 16.0. The maximum absolute atomic E-state index is 15.9. The number of aromatic nitrogens is 1. The third kappa shape index (κ3) is 2.65. The lowest BCUT2D eigenvalue weighted by Crippen LogP contribution is -2.58. The maximum atomic E-state index is 15.9. The van der Waals surface area contributed by atoms with Crippen molar-refractivity contribution >= 4 is 5.91 Å². The van der Waals surface area contributed by atoms with Crippen molar-refractivity contribution in [2.45, 2.75) is 76.1 Å². The van der Waals surface area contributed by atoms with Crippen LogP contribution in [0.25, 0.3) is 0 Å². The van der Waals surface area contributed by atoms with E-state index in [1.54, 1.807) is 18.3 Å². The number of carbonyl (C=O) groups is 1. The molecule has 0 aromatic carbocycles. The minimum Gasteiger partial charge on any atom is -0.387 e. The summed E-state index contributed by atoms with van der Waals surface area (Å²) < 4.78 is 15.9. The van der Waals surface area contributed by atoms with Crippen molar-refractivity contribution in [3.63, 3.8) is 0 Å². The highest BCUT2D eigenvalue weighted by molar-refractivity contribution is 5.87. The van der Waals surface area contributed by atoms with Crippen molar-refractivity contribution in [1.82, 2.24) is 10.3 Å². The highest BCUT2D eigenvalue weighted by Crippen LogP contribution is 2.61. The van der Waals surface area contributed by atoms with Gasteiger partial charge in [-0.1, -0.05) is 6.07 Å². The molecule has 1 aromatic rings. The van der Waals surface area contributed by atoms with Gasteiger partial charge in [-0.3, -0.25) is 9.78 Å².